The quantitative estimate of drug-likeness (QED) is 0.832. The van der Waals surface area contributed by atoms with Crippen LogP contribution in [0.25, 0.3) is 11.3 Å². The maximum atomic E-state index is 4.71. The zero-order valence-electron chi connectivity index (χ0n) is 11.3. The molecule has 2 aromatic rings. The van der Waals surface area contributed by atoms with Crippen LogP contribution in [0.1, 0.15) is 39.4 Å². The van der Waals surface area contributed by atoms with Gasteiger partial charge in [-0.15, -0.1) is 0 Å². The molecule has 0 fully saturated rings. The monoisotopic (exact) mass is 306 g/mol. The van der Waals surface area contributed by atoms with Crippen molar-refractivity contribution in [1.82, 2.24) is 9.97 Å². The van der Waals surface area contributed by atoms with Crippen molar-refractivity contribution in [2.75, 3.05) is 0 Å². The molecule has 1 atom stereocenters. The molecule has 1 aromatic heterocycles. The van der Waals surface area contributed by atoms with Crippen LogP contribution in [-0.4, -0.2) is 9.97 Å². The molecule has 3 heteroatoms. The number of nitrogens with one attached hydrogen (secondary N) is 1. The molecule has 0 radical (unpaired) electrons. The molecule has 0 aliphatic carbocycles. The molecule has 0 bridgehead atoms. The topological polar surface area (TPSA) is 28.7 Å². The van der Waals surface area contributed by atoms with Crippen LogP contribution >= 0.6 is 15.9 Å². The first-order chi connectivity index (χ1) is 8.38. The fourth-order valence-electron chi connectivity index (χ4n) is 1.74. The molecule has 0 aliphatic heterocycles. The number of aromatic nitrogens is 2. The van der Waals surface area contributed by atoms with E-state index in [1.54, 1.807) is 0 Å². The lowest BCUT2D eigenvalue weighted by atomic mass is 9.82. The van der Waals surface area contributed by atoms with Crippen molar-refractivity contribution < 1.29 is 0 Å². The second-order valence-electron chi connectivity index (χ2n) is 5.77. The van der Waals surface area contributed by atoms with Crippen LogP contribution in [0, 0.1) is 5.41 Å². The summed E-state index contributed by atoms with van der Waals surface area (Å²) in [5.41, 5.74) is 2.37. The molecule has 0 saturated carbocycles. The Morgan fingerprint density at radius 2 is 1.78 bits per heavy atom. The van der Waals surface area contributed by atoms with Crippen LogP contribution in [0.15, 0.2) is 34.9 Å². The van der Waals surface area contributed by atoms with Crippen molar-refractivity contribution in [3.63, 3.8) is 0 Å². The largest absolute Gasteiger partial charge is 0.348 e. The first-order valence-corrected chi connectivity index (χ1v) is 6.98. The summed E-state index contributed by atoms with van der Waals surface area (Å²) < 4.78 is 1.09. The highest BCUT2D eigenvalue weighted by molar-refractivity contribution is 9.10. The van der Waals surface area contributed by atoms with Gasteiger partial charge in [0.25, 0.3) is 0 Å². The molecule has 2 nitrogen and oxygen atoms in total. The van der Waals surface area contributed by atoms with Gasteiger partial charge in [-0.25, -0.2) is 4.98 Å². The summed E-state index contributed by atoms with van der Waals surface area (Å²) in [6.45, 7) is 8.92. The van der Waals surface area contributed by atoms with E-state index >= 15 is 0 Å². The average Bonchev–Trinajstić information content (AvgIpc) is 2.77. The molecular formula is C15H19BrN2. The number of hydrogen-bond donors (Lipinski definition) is 1. The van der Waals surface area contributed by atoms with Crippen LogP contribution in [-0.2, 0) is 0 Å². The molecule has 0 unspecified atom stereocenters. The third-order valence-electron chi connectivity index (χ3n) is 3.45. The summed E-state index contributed by atoms with van der Waals surface area (Å²) in [7, 11) is 0. The van der Waals surface area contributed by atoms with E-state index in [-0.39, 0.29) is 5.41 Å². The zero-order valence-corrected chi connectivity index (χ0v) is 12.9. The Morgan fingerprint density at radius 1 is 1.17 bits per heavy atom. The summed E-state index contributed by atoms with van der Waals surface area (Å²) in [6.07, 6.45) is 1.99. The standard InChI is InChI=1S/C15H19BrN2/c1-10(15(2,3)4)14-17-9-13(18-14)11-5-7-12(16)8-6-11/h5-10H,1-4H3,(H,17,18)/t10-/m1/s1. The van der Waals surface area contributed by atoms with Gasteiger partial charge in [-0.3, -0.25) is 0 Å². The normalized spacial score (nSPS) is 13.6. The molecule has 1 aromatic carbocycles. The van der Waals surface area contributed by atoms with E-state index in [4.69, 9.17) is 4.98 Å². The summed E-state index contributed by atoms with van der Waals surface area (Å²) in [5.74, 6) is 1.46. The van der Waals surface area contributed by atoms with E-state index in [2.05, 4.69) is 60.7 Å². The zero-order chi connectivity index (χ0) is 13.3. The summed E-state index contributed by atoms with van der Waals surface area (Å²) >= 11 is 3.44. The SMILES string of the molecule is C[C@H](c1nc(-c2ccc(Br)cc2)c[nH]1)C(C)(C)C. The highest BCUT2D eigenvalue weighted by atomic mass is 79.9. The Kier molecular flexibility index (Phi) is 3.62. The minimum absolute atomic E-state index is 0.217. The molecule has 1 heterocycles. The van der Waals surface area contributed by atoms with Crippen molar-refractivity contribution >= 4 is 15.9 Å². The molecule has 0 aliphatic rings. The second kappa shape index (κ2) is 4.88. The van der Waals surface area contributed by atoms with Gasteiger partial charge in [0.05, 0.1) is 5.69 Å². The first kappa shape index (κ1) is 13.3. The predicted molar refractivity (Wildman–Crippen MR) is 79.6 cm³/mol. The molecular weight excluding hydrogens is 288 g/mol. The van der Waals surface area contributed by atoms with Crippen LogP contribution < -0.4 is 0 Å². The molecule has 0 spiro atoms. The molecule has 0 saturated heterocycles. The van der Waals surface area contributed by atoms with Crippen LogP contribution in [0.3, 0.4) is 0 Å². The maximum Gasteiger partial charge on any atom is 0.110 e. The van der Waals surface area contributed by atoms with Crippen LogP contribution in [0.4, 0.5) is 0 Å². The summed E-state index contributed by atoms with van der Waals surface area (Å²) in [6, 6.07) is 8.23. The molecule has 18 heavy (non-hydrogen) atoms. The number of benzene rings is 1. The Labute approximate surface area is 117 Å². The van der Waals surface area contributed by atoms with Gasteiger partial charge in [-0.1, -0.05) is 55.8 Å². The fourth-order valence-corrected chi connectivity index (χ4v) is 2.00. The van der Waals surface area contributed by atoms with Crippen molar-refractivity contribution in [3.05, 3.63) is 40.8 Å². The average molecular weight is 307 g/mol. The van der Waals surface area contributed by atoms with Gasteiger partial charge in [-0.05, 0) is 17.5 Å². The lowest BCUT2D eigenvalue weighted by Gasteiger charge is -2.25. The minimum Gasteiger partial charge on any atom is -0.348 e. The highest BCUT2D eigenvalue weighted by Crippen LogP contribution is 2.33. The number of imidazole rings is 1. The van der Waals surface area contributed by atoms with E-state index < -0.39 is 0 Å². The van der Waals surface area contributed by atoms with E-state index in [0.717, 1.165) is 21.6 Å². The van der Waals surface area contributed by atoms with Gasteiger partial charge in [0, 0.05) is 22.2 Å². The van der Waals surface area contributed by atoms with Gasteiger partial charge in [-0.2, -0.15) is 0 Å². The van der Waals surface area contributed by atoms with E-state index in [1.165, 1.54) is 0 Å². The molecule has 1 N–H and O–H groups in total. The Morgan fingerprint density at radius 3 is 2.33 bits per heavy atom. The maximum absolute atomic E-state index is 4.71. The van der Waals surface area contributed by atoms with Crippen LogP contribution in [0.5, 0.6) is 0 Å². The van der Waals surface area contributed by atoms with Gasteiger partial charge in [0.2, 0.25) is 0 Å². The molecule has 96 valence electrons. The number of aromatic amines is 1. The Balaban J connectivity index is 2.28. The predicted octanol–water partition coefficient (Wildman–Crippen LogP) is 4.99. The minimum atomic E-state index is 0.217. The number of nitrogens with zero attached hydrogens (tertiary/aromatic N) is 1. The Bertz CT molecular complexity index is 520. The van der Waals surface area contributed by atoms with Crippen LogP contribution in [0.2, 0.25) is 0 Å². The lowest BCUT2D eigenvalue weighted by molar-refractivity contribution is 0.329. The first-order valence-electron chi connectivity index (χ1n) is 6.19. The second-order valence-corrected chi connectivity index (χ2v) is 6.68. The van der Waals surface area contributed by atoms with Crippen molar-refractivity contribution in [1.29, 1.82) is 0 Å². The van der Waals surface area contributed by atoms with Gasteiger partial charge in [0.15, 0.2) is 0 Å². The van der Waals surface area contributed by atoms with Gasteiger partial charge < -0.3 is 4.98 Å². The van der Waals surface area contributed by atoms with Gasteiger partial charge in [0.1, 0.15) is 5.82 Å². The fraction of sp³-hybridized carbons (Fsp3) is 0.400. The van der Waals surface area contributed by atoms with Crippen molar-refractivity contribution in [2.24, 2.45) is 5.41 Å². The smallest absolute Gasteiger partial charge is 0.110 e. The lowest BCUT2D eigenvalue weighted by Crippen LogP contribution is -2.16. The summed E-state index contributed by atoms with van der Waals surface area (Å²) in [4.78, 5) is 8.01. The molecule has 2 rings (SSSR count). The van der Waals surface area contributed by atoms with Crippen molar-refractivity contribution in [2.45, 2.75) is 33.6 Å². The van der Waals surface area contributed by atoms with E-state index in [9.17, 15) is 0 Å². The highest BCUT2D eigenvalue weighted by Gasteiger charge is 2.24. The number of halogens is 1. The third-order valence-corrected chi connectivity index (χ3v) is 3.98. The third kappa shape index (κ3) is 2.83. The van der Waals surface area contributed by atoms with E-state index in [0.29, 0.717) is 5.92 Å². The Hall–Kier alpha value is -1.09. The number of rotatable bonds is 2. The van der Waals surface area contributed by atoms with E-state index in [1.807, 2.05) is 18.3 Å². The number of H-pyrrole nitrogens is 1. The molecule has 0 amide bonds. The van der Waals surface area contributed by atoms with Crippen molar-refractivity contribution in [3.8, 4) is 11.3 Å². The van der Waals surface area contributed by atoms with Gasteiger partial charge >= 0.3 is 0 Å². The number of hydrogen-bond acceptors (Lipinski definition) is 1. The summed E-state index contributed by atoms with van der Waals surface area (Å²) in [5, 5.41) is 0.